The summed E-state index contributed by atoms with van der Waals surface area (Å²) in [5.41, 5.74) is 1.45. The van der Waals surface area contributed by atoms with E-state index in [1.165, 1.54) is 12.1 Å². The number of fused-ring (bicyclic) bond motifs is 1. The molecule has 0 bridgehead atoms. The molecule has 128 valence electrons. The van der Waals surface area contributed by atoms with Crippen LogP contribution in [0.3, 0.4) is 0 Å². The number of rotatable bonds is 7. The van der Waals surface area contributed by atoms with Crippen molar-refractivity contribution in [3.63, 3.8) is 0 Å². The van der Waals surface area contributed by atoms with Crippen LogP contribution >= 0.6 is 0 Å². The van der Waals surface area contributed by atoms with E-state index in [9.17, 15) is 9.59 Å². The van der Waals surface area contributed by atoms with Crippen LogP contribution in [0, 0.1) is 0 Å². The average molecular weight is 345 g/mol. The van der Waals surface area contributed by atoms with Gasteiger partial charge in [0.2, 0.25) is 0 Å². The van der Waals surface area contributed by atoms with Gasteiger partial charge in [0.25, 0.3) is 5.56 Å². The van der Waals surface area contributed by atoms with Gasteiger partial charge in [0.05, 0.1) is 5.52 Å². The number of hydrogen-bond acceptors (Lipinski definition) is 3. The second-order valence-electron chi connectivity index (χ2n) is 6.94. The summed E-state index contributed by atoms with van der Waals surface area (Å²) in [5, 5.41) is 9.57. The lowest BCUT2D eigenvalue weighted by Crippen LogP contribution is -2.24. The zero-order valence-electron chi connectivity index (χ0n) is 14.3. The van der Waals surface area contributed by atoms with Gasteiger partial charge in [-0.25, -0.2) is 4.79 Å². The van der Waals surface area contributed by atoms with E-state index in [2.05, 4.69) is 19.6 Å². The predicted molar refractivity (Wildman–Crippen MR) is 99.0 cm³/mol. The van der Waals surface area contributed by atoms with E-state index in [1.807, 2.05) is 12.1 Å². The minimum Gasteiger partial charge on any atom is -0.478 e. The van der Waals surface area contributed by atoms with E-state index < -0.39 is 14.0 Å². The fraction of sp³-hybridized carbons (Fsp3) is 0.333. The lowest BCUT2D eigenvalue weighted by atomic mass is 10.1. The van der Waals surface area contributed by atoms with Crippen LogP contribution < -0.4 is 5.56 Å². The molecule has 0 atom stereocenters. The number of benzene rings is 1. The van der Waals surface area contributed by atoms with Gasteiger partial charge < -0.3 is 9.84 Å². The van der Waals surface area contributed by atoms with Crippen LogP contribution in [0.1, 0.15) is 5.56 Å². The smallest absolute Gasteiger partial charge is 0.328 e. The third kappa shape index (κ3) is 5.18. The fourth-order valence-electron chi connectivity index (χ4n) is 2.26. The van der Waals surface area contributed by atoms with Crippen molar-refractivity contribution in [2.24, 2.45) is 0 Å². The number of pyridine rings is 1. The molecular weight excluding hydrogens is 322 g/mol. The number of carboxylic acids is 1. The third-order valence-electron chi connectivity index (χ3n) is 3.65. The summed E-state index contributed by atoms with van der Waals surface area (Å²) < 4.78 is 7.30. The Balaban J connectivity index is 2.21. The van der Waals surface area contributed by atoms with Gasteiger partial charge in [-0.05, 0) is 41.3 Å². The van der Waals surface area contributed by atoms with Gasteiger partial charge in [0.15, 0.2) is 0 Å². The second-order valence-corrected chi connectivity index (χ2v) is 12.6. The number of ether oxygens (including phenoxy) is 1. The normalized spacial score (nSPS) is 12.1. The first-order chi connectivity index (χ1) is 11.3. The van der Waals surface area contributed by atoms with Crippen molar-refractivity contribution in [1.29, 1.82) is 0 Å². The Morgan fingerprint density at radius 3 is 2.67 bits per heavy atom. The molecule has 5 nitrogen and oxygen atoms in total. The van der Waals surface area contributed by atoms with Crippen LogP contribution in [0.2, 0.25) is 25.7 Å². The van der Waals surface area contributed by atoms with Crippen molar-refractivity contribution < 1.29 is 14.6 Å². The monoisotopic (exact) mass is 345 g/mol. The molecule has 1 aromatic heterocycles. The lowest BCUT2D eigenvalue weighted by Gasteiger charge is -2.16. The summed E-state index contributed by atoms with van der Waals surface area (Å²) in [4.78, 5) is 22.7. The highest BCUT2D eigenvalue weighted by atomic mass is 28.3. The highest BCUT2D eigenvalue weighted by Crippen LogP contribution is 2.16. The van der Waals surface area contributed by atoms with Gasteiger partial charge in [-0.2, -0.15) is 0 Å². The van der Waals surface area contributed by atoms with Crippen molar-refractivity contribution in [1.82, 2.24) is 4.57 Å². The van der Waals surface area contributed by atoms with Crippen LogP contribution in [-0.4, -0.2) is 30.3 Å². The summed E-state index contributed by atoms with van der Waals surface area (Å²) in [6, 6.07) is 9.77. The fourth-order valence-corrected chi connectivity index (χ4v) is 3.02. The molecule has 0 aliphatic heterocycles. The van der Waals surface area contributed by atoms with Crippen molar-refractivity contribution in [2.75, 3.05) is 6.61 Å². The van der Waals surface area contributed by atoms with E-state index in [-0.39, 0.29) is 12.3 Å². The second kappa shape index (κ2) is 7.59. The molecule has 2 rings (SSSR count). The van der Waals surface area contributed by atoms with E-state index >= 15 is 0 Å². The predicted octanol–water partition coefficient (Wildman–Crippen LogP) is 3.41. The molecule has 24 heavy (non-hydrogen) atoms. The molecule has 0 saturated carbocycles. The maximum Gasteiger partial charge on any atom is 0.328 e. The molecule has 0 unspecified atom stereocenters. The summed E-state index contributed by atoms with van der Waals surface area (Å²) >= 11 is 0. The molecule has 0 radical (unpaired) electrons. The summed E-state index contributed by atoms with van der Waals surface area (Å²) in [6.07, 6.45) is 2.62. The zero-order valence-corrected chi connectivity index (χ0v) is 15.3. The molecule has 1 aromatic carbocycles. The van der Waals surface area contributed by atoms with E-state index in [4.69, 9.17) is 9.84 Å². The Labute approximate surface area is 142 Å². The number of carbonyl (C=O) groups is 1. The molecule has 6 heteroatoms. The molecule has 0 aliphatic carbocycles. The standard InChI is InChI=1S/C18H23NO4Si/c1-24(2,3)11-10-23-13-19-16-7-4-14(5-9-18(21)22)12-15(16)6-8-17(19)20/h4-9,12H,10-11,13H2,1-3H3,(H,21,22)/b9-5+. The zero-order chi connectivity index (χ0) is 17.7. The largest absolute Gasteiger partial charge is 0.478 e. The first-order valence-electron chi connectivity index (χ1n) is 7.89. The minimum absolute atomic E-state index is 0.107. The number of aromatic nitrogens is 1. The summed E-state index contributed by atoms with van der Waals surface area (Å²) in [7, 11) is -1.16. The van der Waals surface area contributed by atoms with Gasteiger partial charge in [0.1, 0.15) is 6.73 Å². The maximum absolute atomic E-state index is 12.1. The molecule has 0 fully saturated rings. The van der Waals surface area contributed by atoms with E-state index in [0.717, 1.165) is 28.6 Å². The molecular formula is C18H23NO4Si. The Hall–Kier alpha value is -2.18. The first-order valence-corrected chi connectivity index (χ1v) is 11.6. The average Bonchev–Trinajstić information content (AvgIpc) is 2.50. The van der Waals surface area contributed by atoms with Crippen molar-refractivity contribution >= 4 is 31.0 Å². The van der Waals surface area contributed by atoms with E-state index in [0.29, 0.717) is 6.61 Å². The van der Waals surface area contributed by atoms with Gasteiger partial charge >= 0.3 is 5.97 Å². The summed E-state index contributed by atoms with van der Waals surface area (Å²) in [6.45, 7) is 7.73. The van der Waals surface area contributed by atoms with E-state index in [1.54, 1.807) is 16.7 Å². The molecule has 1 N–H and O–H groups in total. The van der Waals surface area contributed by atoms with Crippen LogP contribution in [0.4, 0.5) is 0 Å². The lowest BCUT2D eigenvalue weighted by molar-refractivity contribution is -0.131. The van der Waals surface area contributed by atoms with Crippen LogP contribution in [0.15, 0.2) is 41.2 Å². The molecule has 0 saturated heterocycles. The van der Waals surface area contributed by atoms with Gasteiger partial charge in [-0.3, -0.25) is 9.36 Å². The Morgan fingerprint density at radius 1 is 1.25 bits per heavy atom. The molecule has 2 aromatic rings. The minimum atomic E-state index is -1.16. The van der Waals surface area contributed by atoms with Gasteiger partial charge in [-0.1, -0.05) is 25.7 Å². The number of aliphatic carboxylic acids is 1. The highest BCUT2D eigenvalue weighted by Gasteiger charge is 2.12. The van der Waals surface area contributed by atoms with Gasteiger partial charge in [-0.15, -0.1) is 0 Å². The first kappa shape index (κ1) is 18.2. The molecule has 0 amide bonds. The summed E-state index contributed by atoms with van der Waals surface area (Å²) in [5.74, 6) is -0.990. The molecule has 0 spiro atoms. The Morgan fingerprint density at radius 2 is 2.00 bits per heavy atom. The van der Waals surface area contributed by atoms with Crippen molar-refractivity contribution in [3.05, 3.63) is 52.3 Å². The topological polar surface area (TPSA) is 68.5 Å². The van der Waals surface area contributed by atoms with Crippen molar-refractivity contribution in [2.45, 2.75) is 32.4 Å². The third-order valence-corrected chi connectivity index (χ3v) is 5.35. The highest BCUT2D eigenvalue weighted by molar-refractivity contribution is 6.76. The Bertz CT molecular complexity index is 818. The maximum atomic E-state index is 12.1. The molecule has 0 aliphatic rings. The number of carboxylic acid groups (broad SMARTS) is 1. The number of hydrogen-bond donors (Lipinski definition) is 1. The van der Waals surface area contributed by atoms with Crippen molar-refractivity contribution in [3.8, 4) is 0 Å². The number of nitrogens with zero attached hydrogens (tertiary/aromatic N) is 1. The Kier molecular flexibility index (Phi) is 5.74. The van der Waals surface area contributed by atoms with Crippen LogP contribution in [-0.2, 0) is 16.3 Å². The molecule has 1 heterocycles. The SMILES string of the molecule is C[Si](C)(C)CCOCn1c(=O)ccc2cc(/C=C/C(=O)O)ccc21. The van der Waals surface area contributed by atoms with Gasteiger partial charge in [0, 0.05) is 26.8 Å². The van der Waals surface area contributed by atoms with Crippen LogP contribution in [0.25, 0.3) is 17.0 Å². The quantitative estimate of drug-likeness (QED) is 0.474. The van der Waals surface area contributed by atoms with Crippen LogP contribution in [0.5, 0.6) is 0 Å².